The molecule has 0 aliphatic rings. The molecule has 15 heteroatoms. The highest BCUT2D eigenvalue weighted by molar-refractivity contribution is 7.92. The Labute approximate surface area is 222 Å². The molecule has 0 aliphatic carbocycles. The Balaban J connectivity index is 1.89. The van der Waals surface area contributed by atoms with Crippen LogP contribution in [0.25, 0.3) is 0 Å². The molecule has 39 heavy (non-hydrogen) atoms. The summed E-state index contributed by atoms with van der Waals surface area (Å²) < 4.78 is 83.5. The molecule has 0 atom stereocenters. The van der Waals surface area contributed by atoms with Crippen molar-refractivity contribution in [1.82, 2.24) is 15.0 Å². The molecule has 0 saturated carbocycles. The molecule has 0 bridgehead atoms. The molecule has 0 saturated heterocycles. The van der Waals surface area contributed by atoms with Gasteiger partial charge in [-0.25, -0.2) is 14.2 Å². The number of nitrogens with one attached hydrogen (secondary N) is 1. The average molecular weight is 574 g/mol. The van der Waals surface area contributed by atoms with Gasteiger partial charge in [-0.15, -0.1) is 0 Å². The third-order valence-electron chi connectivity index (χ3n) is 5.75. The van der Waals surface area contributed by atoms with Gasteiger partial charge in [-0.2, -0.15) is 21.6 Å². The maximum absolute atomic E-state index is 15.1. The molecule has 212 valence electrons. The predicted octanol–water partition coefficient (Wildman–Crippen LogP) is 4.58. The fourth-order valence-corrected chi connectivity index (χ4v) is 4.43. The lowest BCUT2D eigenvalue weighted by Crippen LogP contribution is -2.39. The van der Waals surface area contributed by atoms with Crippen molar-refractivity contribution in [2.24, 2.45) is 0 Å². The van der Waals surface area contributed by atoms with E-state index in [9.17, 15) is 26.4 Å². The Bertz CT molecular complexity index is 1420. The van der Waals surface area contributed by atoms with Gasteiger partial charge in [0, 0.05) is 30.8 Å². The van der Waals surface area contributed by atoms with Gasteiger partial charge >= 0.3 is 22.2 Å². The molecule has 1 N–H and O–H groups in total. The largest absolute Gasteiger partial charge is 0.493 e. The van der Waals surface area contributed by atoms with Gasteiger partial charge in [-0.05, 0) is 45.9 Å². The van der Waals surface area contributed by atoms with Gasteiger partial charge in [0.1, 0.15) is 6.26 Å². The molecule has 0 aliphatic heterocycles. The van der Waals surface area contributed by atoms with Crippen LogP contribution >= 0.6 is 0 Å². The number of sulfonamides is 1. The Morgan fingerprint density at radius 2 is 1.77 bits per heavy atom. The number of anilines is 2. The SMILES string of the molecule is Cc1nc(S(=O)(=O)N(OC(=O)C(F)(F)F)c2ccon2)c(F)cc1NCc1ccccc1CN(C)C(C)(C)C. The fourth-order valence-electron chi connectivity index (χ4n) is 3.21. The summed E-state index contributed by atoms with van der Waals surface area (Å²) in [5.74, 6) is -5.13. The van der Waals surface area contributed by atoms with Crippen molar-refractivity contribution in [3.8, 4) is 0 Å². The molecule has 3 aromatic rings. The van der Waals surface area contributed by atoms with Crippen molar-refractivity contribution in [3.63, 3.8) is 0 Å². The van der Waals surface area contributed by atoms with Crippen molar-refractivity contribution in [1.29, 1.82) is 0 Å². The van der Waals surface area contributed by atoms with Crippen LogP contribution in [0, 0.1) is 12.7 Å². The molecule has 0 fully saturated rings. The van der Waals surface area contributed by atoms with E-state index >= 15 is 4.39 Å². The Morgan fingerprint density at radius 1 is 1.13 bits per heavy atom. The smallest absolute Gasteiger partial charge is 0.379 e. The van der Waals surface area contributed by atoms with Crippen molar-refractivity contribution >= 4 is 27.5 Å². The zero-order valence-electron chi connectivity index (χ0n) is 21.7. The number of nitrogens with zero attached hydrogens (tertiary/aromatic N) is 4. The van der Waals surface area contributed by atoms with Crippen LogP contribution in [0.3, 0.4) is 0 Å². The van der Waals surface area contributed by atoms with Crippen LogP contribution in [0.2, 0.25) is 0 Å². The zero-order valence-corrected chi connectivity index (χ0v) is 22.5. The second-order valence-electron chi connectivity index (χ2n) is 9.52. The molecule has 10 nitrogen and oxygen atoms in total. The van der Waals surface area contributed by atoms with Crippen LogP contribution in [-0.2, 0) is 32.7 Å². The maximum atomic E-state index is 15.1. The summed E-state index contributed by atoms with van der Waals surface area (Å²) in [6.07, 6.45) is -4.73. The number of benzene rings is 1. The number of aryl methyl sites for hydroxylation is 1. The molecular formula is C24H27F4N5O5S. The predicted molar refractivity (Wildman–Crippen MR) is 132 cm³/mol. The van der Waals surface area contributed by atoms with Crippen molar-refractivity contribution < 1.29 is 40.1 Å². The second kappa shape index (κ2) is 11.2. The zero-order chi connectivity index (χ0) is 29.2. The van der Waals surface area contributed by atoms with Gasteiger partial charge in [0.05, 0.1) is 11.4 Å². The van der Waals surface area contributed by atoms with Crippen LogP contribution in [0.15, 0.2) is 52.2 Å². The van der Waals surface area contributed by atoms with E-state index < -0.39 is 43.3 Å². The van der Waals surface area contributed by atoms with E-state index in [1.54, 1.807) is 0 Å². The van der Waals surface area contributed by atoms with Gasteiger partial charge in [0.15, 0.2) is 5.82 Å². The molecule has 2 aromatic heterocycles. The third-order valence-corrected chi connectivity index (χ3v) is 7.22. The van der Waals surface area contributed by atoms with Gasteiger partial charge in [0.2, 0.25) is 10.8 Å². The van der Waals surface area contributed by atoms with E-state index in [4.69, 9.17) is 0 Å². The summed E-state index contributed by atoms with van der Waals surface area (Å²) in [7, 11) is -3.32. The number of alkyl halides is 3. The van der Waals surface area contributed by atoms with Gasteiger partial charge in [0.25, 0.3) is 0 Å². The summed E-state index contributed by atoms with van der Waals surface area (Å²) in [6, 6.07) is 9.23. The summed E-state index contributed by atoms with van der Waals surface area (Å²) in [5, 5.41) is 4.92. The topological polar surface area (TPSA) is 118 Å². The molecule has 0 spiro atoms. The van der Waals surface area contributed by atoms with Crippen LogP contribution in [0.4, 0.5) is 29.1 Å². The van der Waals surface area contributed by atoms with Crippen LogP contribution < -0.4 is 9.79 Å². The molecule has 0 radical (unpaired) electrons. The van der Waals surface area contributed by atoms with E-state index in [1.807, 2.05) is 31.3 Å². The highest BCUT2D eigenvalue weighted by Crippen LogP contribution is 2.29. The number of aromatic nitrogens is 2. The molecule has 0 amide bonds. The lowest BCUT2D eigenvalue weighted by atomic mass is 10.0. The number of pyridine rings is 1. The maximum Gasteiger partial charge on any atom is 0.493 e. The highest BCUT2D eigenvalue weighted by Gasteiger charge is 2.46. The Kier molecular flexibility index (Phi) is 8.55. The first-order valence-electron chi connectivity index (χ1n) is 11.5. The molecule has 3 rings (SSSR count). The second-order valence-corrected chi connectivity index (χ2v) is 11.2. The van der Waals surface area contributed by atoms with E-state index in [0.717, 1.165) is 29.5 Å². The molecule has 2 heterocycles. The fraction of sp³-hybridized carbons (Fsp3) is 0.375. The quantitative estimate of drug-likeness (QED) is 0.290. The number of carbonyl (C=O) groups excluding carboxylic acids is 1. The van der Waals surface area contributed by atoms with Gasteiger partial charge < -0.3 is 14.7 Å². The first kappa shape index (κ1) is 29.8. The summed E-state index contributed by atoms with van der Waals surface area (Å²) in [4.78, 5) is 21.3. The van der Waals surface area contributed by atoms with Gasteiger partial charge in [-0.3, -0.25) is 4.90 Å². The highest BCUT2D eigenvalue weighted by atomic mass is 32.2. The molecular weight excluding hydrogens is 546 g/mol. The minimum absolute atomic E-state index is 0.0153. The number of hydrogen-bond donors (Lipinski definition) is 1. The number of rotatable bonds is 9. The first-order valence-corrected chi connectivity index (χ1v) is 12.9. The normalized spacial score (nSPS) is 12.5. The van der Waals surface area contributed by atoms with Crippen molar-refractivity contribution in [2.75, 3.05) is 16.8 Å². The van der Waals surface area contributed by atoms with Crippen LogP contribution in [0.5, 0.6) is 0 Å². The lowest BCUT2D eigenvalue weighted by molar-refractivity contribution is -0.199. The number of hydrogen-bond acceptors (Lipinski definition) is 9. The third kappa shape index (κ3) is 7.03. The molecule has 1 aromatic carbocycles. The van der Waals surface area contributed by atoms with Crippen LogP contribution in [-0.4, -0.2) is 48.2 Å². The van der Waals surface area contributed by atoms with E-state index in [0.29, 0.717) is 6.54 Å². The van der Waals surface area contributed by atoms with Gasteiger partial charge in [-0.1, -0.05) is 33.9 Å². The van der Waals surface area contributed by atoms with E-state index in [2.05, 4.69) is 50.5 Å². The number of carbonyl (C=O) groups is 1. The average Bonchev–Trinajstić information content (AvgIpc) is 3.36. The molecule has 0 unspecified atom stereocenters. The van der Waals surface area contributed by atoms with E-state index in [1.165, 1.54) is 6.92 Å². The van der Waals surface area contributed by atoms with Crippen LogP contribution in [0.1, 0.15) is 37.6 Å². The Hall–Kier alpha value is -3.72. The van der Waals surface area contributed by atoms with Crippen molar-refractivity contribution in [3.05, 3.63) is 65.3 Å². The number of halogens is 4. The van der Waals surface area contributed by atoms with E-state index in [-0.39, 0.29) is 23.5 Å². The summed E-state index contributed by atoms with van der Waals surface area (Å²) in [6.45, 7) is 8.50. The lowest BCUT2D eigenvalue weighted by Gasteiger charge is -2.32. The Morgan fingerprint density at radius 3 is 2.33 bits per heavy atom. The first-order chi connectivity index (χ1) is 18.0. The standard InChI is InChI=1S/C24H27F4N5O5S/c1-15-19(29-13-16-8-6-7-9-17(16)14-32(5)23(2,3)4)12-18(25)21(30-15)39(35,36)33(20-10-11-37-31-20)38-22(34)24(26,27)28/h6-12,29H,13-14H2,1-5H3. The monoisotopic (exact) mass is 573 g/mol. The summed E-state index contributed by atoms with van der Waals surface area (Å²) >= 11 is 0. The van der Waals surface area contributed by atoms with Crippen molar-refractivity contribution in [2.45, 2.75) is 57.5 Å². The minimum Gasteiger partial charge on any atom is -0.379 e. The minimum atomic E-state index is -5.55. The summed E-state index contributed by atoms with van der Waals surface area (Å²) in [5.41, 5.74) is 2.00.